The summed E-state index contributed by atoms with van der Waals surface area (Å²) in [7, 11) is 0. The normalized spacial score (nSPS) is 23.0. The maximum absolute atomic E-state index is 12.1. The Kier molecular flexibility index (Phi) is 4.25. The van der Waals surface area contributed by atoms with Crippen LogP contribution in [0, 0.1) is 0 Å². The fraction of sp³-hybridized carbons (Fsp3) is 0.500. The van der Waals surface area contributed by atoms with E-state index in [1.807, 2.05) is 25.1 Å². The van der Waals surface area contributed by atoms with Crippen LogP contribution in [0.25, 0.3) is 0 Å². The molecule has 1 N–H and O–H groups in total. The summed E-state index contributed by atoms with van der Waals surface area (Å²) >= 11 is 5.89. The van der Waals surface area contributed by atoms with Gasteiger partial charge in [-0.1, -0.05) is 30.7 Å². The number of halogens is 1. The Hall–Kier alpha value is -1.06. The van der Waals surface area contributed by atoms with E-state index >= 15 is 0 Å². The Labute approximate surface area is 112 Å². The Morgan fingerprint density at radius 1 is 1.56 bits per heavy atom. The van der Waals surface area contributed by atoms with Crippen LogP contribution in [0.3, 0.4) is 0 Å². The highest BCUT2D eigenvalue weighted by Crippen LogP contribution is 2.25. The molecule has 98 valence electrons. The molecule has 0 saturated carbocycles. The van der Waals surface area contributed by atoms with Crippen molar-refractivity contribution in [1.82, 2.24) is 5.32 Å². The Balaban J connectivity index is 1.95. The molecule has 4 heteroatoms. The van der Waals surface area contributed by atoms with E-state index < -0.39 is 5.54 Å². The van der Waals surface area contributed by atoms with Gasteiger partial charge in [0.1, 0.15) is 12.1 Å². The van der Waals surface area contributed by atoms with Crippen LogP contribution in [0.2, 0.25) is 5.02 Å². The van der Waals surface area contributed by atoms with Crippen LogP contribution in [-0.2, 0) is 16.1 Å². The number of nitrogens with one attached hydrogen (secondary N) is 1. The number of carbonyl (C=O) groups is 1. The minimum absolute atomic E-state index is 0.150. The fourth-order valence-corrected chi connectivity index (χ4v) is 2.55. The molecule has 0 spiro atoms. The largest absolute Gasteiger partial charge is 0.459 e. The lowest BCUT2D eigenvalue weighted by Crippen LogP contribution is -2.48. The minimum atomic E-state index is -0.474. The second kappa shape index (κ2) is 5.72. The standard InChI is InChI=1S/C14H18ClNO2/c1-2-14(7-4-8-16-14)13(17)18-10-11-5-3-6-12(15)9-11/h3,5-6,9,16H,2,4,7-8,10H2,1H3. The average Bonchev–Trinajstić information content (AvgIpc) is 2.86. The predicted molar refractivity (Wildman–Crippen MR) is 71.5 cm³/mol. The molecule has 1 heterocycles. The fourth-order valence-electron chi connectivity index (χ4n) is 2.34. The van der Waals surface area contributed by atoms with Crippen LogP contribution in [-0.4, -0.2) is 18.1 Å². The van der Waals surface area contributed by atoms with Gasteiger partial charge in [0.05, 0.1) is 0 Å². The molecule has 0 aromatic heterocycles. The van der Waals surface area contributed by atoms with E-state index in [0.29, 0.717) is 5.02 Å². The number of benzene rings is 1. The minimum Gasteiger partial charge on any atom is -0.459 e. The topological polar surface area (TPSA) is 38.3 Å². The van der Waals surface area contributed by atoms with Crippen molar-refractivity contribution in [2.75, 3.05) is 6.54 Å². The van der Waals surface area contributed by atoms with Crippen molar-refractivity contribution in [3.8, 4) is 0 Å². The van der Waals surface area contributed by atoms with E-state index in [1.54, 1.807) is 6.07 Å². The lowest BCUT2D eigenvalue weighted by atomic mass is 9.94. The van der Waals surface area contributed by atoms with Gasteiger partial charge in [0.15, 0.2) is 0 Å². The quantitative estimate of drug-likeness (QED) is 0.853. The third kappa shape index (κ3) is 2.85. The molecule has 0 aliphatic carbocycles. The first-order valence-corrected chi connectivity index (χ1v) is 6.71. The van der Waals surface area contributed by atoms with Gasteiger partial charge in [0, 0.05) is 5.02 Å². The zero-order chi connectivity index (χ0) is 13.0. The third-order valence-electron chi connectivity index (χ3n) is 3.50. The van der Waals surface area contributed by atoms with Crippen molar-refractivity contribution in [2.45, 2.75) is 38.3 Å². The summed E-state index contributed by atoms with van der Waals surface area (Å²) in [5.74, 6) is -0.150. The molecule has 1 saturated heterocycles. The molecule has 1 atom stereocenters. The van der Waals surface area contributed by atoms with Crippen LogP contribution < -0.4 is 5.32 Å². The first-order valence-electron chi connectivity index (χ1n) is 6.33. The van der Waals surface area contributed by atoms with Gasteiger partial charge in [0.2, 0.25) is 0 Å². The highest BCUT2D eigenvalue weighted by atomic mass is 35.5. The first kappa shape index (κ1) is 13.4. The summed E-state index contributed by atoms with van der Waals surface area (Å²) in [5, 5.41) is 3.93. The molecule has 1 aromatic carbocycles. The Morgan fingerprint density at radius 3 is 3.00 bits per heavy atom. The molecule has 1 aliphatic rings. The monoisotopic (exact) mass is 267 g/mol. The summed E-state index contributed by atoms with van der Waals surface area (Å²) in [5.41, 5.74) is 0.443. The Morgan fingerprint density at radius 2 is 2.39 bits per heavy atom. The number of hydrogen-bond donors (Lipinski definition) is 1. The van der Waals surface area contributed by atoms with Crippen molar-refractivity contribution in [3.63, 3.8) is 0 Å². The number of carbonyl (C=O) groups excluding carboxylic acids is 1. The molecule has 0 bridgehead atoms. The number of hydrogen-bond acceptors (Lipinski definition) is 3. The zero-order valence-corrected chi connectivity index (χ0v) is 11.3. The lowest BCUT2D eigenvalue weighted by Gasteiger charge is -2.25. The van der Waals surface area contributed by atoms with Crippen molar-refractivity contribution in [3.05, 3.63) is 34.9 Å². The molecule has 2 rings (SSSR count). The van der Waals surface area contributed by atoms with Gasteiger partial charge in [-0.3, -0.25) is 4.79 Å². The summed E-state index contributed by atoms with van der Waals surface area (Å²) in [6.07, 6.45) is 2.65. The van der Waals surface area contributed by atoms with E-state index in [-0.39, 0.29) is 12.6 Å². The summed E-state index contributed by atoms with van der Waals surface area (Å²) in [6.45, 7) is 3.18. The van der Waals surface area contributed by atoms with E-state index in [4.69, 9.17) is 16.3 Å². The van der Waals surface area contributed by atoms with E-state index in [0.717, 1.165) is 31.4 Å². The number of ether oxygens (including phenoxy) is 1. The molecule has 1 aromatic rings. The highest BCUT2D eigenvalue weighted by Gasteiger charge is 2.40. The van der Waals surface area contributed by atoms with Crippen molar-refractivity contribution < 1.29 is 9.53 Å². The van der Waals surface area contributed by atoms with Crippen molar-refractivity contribution in [2.24, 2.45) is 0 Å². The van der Waals surface area contributed by atoms with Gasteiger partial charge in [-0.15, -0.1) is 0 Å². The molecule has 1 aliphatic heterocycles. The van der Waals surface area contributed by atoms with E-state index in [1.165, 1.54) is 0 Å². The Bertz CT molecular complexity index is 428. The second-order valence-corrected chi connectivity index (χ2v) is 5.11. The van der Waals surface area contributed by atoms with E-state index in [9.17, 15) is 4.79 Å². The molecule has 18 heavy (non-hydrogen) atoms. The zero-order valence-electron chi connectivity index (χ0n) is 10.5. The van der Waals surface area contributed by atoms with Crippen LogP contribution in [0.1, 0.15) is 31.7 Å². The van der Waals surface area contributed by atoms with Gasteiger partial charge in [-0.25, -0.2) is 0 Å². The van der Waals surface area contributed by atoms with Crippen LogP contribution >= 0.6 is 11.6 Å². The predicted octanol–water partition coefficient (Wildman–Crippen LogP) is 2.92. The molecule has 1 fully saturated rings. The summed E-state index contributed by atoms with van der Waals surface area (Å²) in [6, 6.07) is 7.38. The van der Waals surface area contributed by atoms with Gasteiger partial charge < -0.3 is 10.1 Å². The second-order valence-electron chi connectivity index (χ2n) is 4.67. The van der Waals surface area contributed by atoms with E-state index in [2.05, 4.69) is 5.32 Å². The van der Waals surface area contributed by atoms with Gasteiger partial charge in [0.25, 0.3) is 0 Å². The maximum Gasteiger partial charge on any atom is 0.326 e. The van der Waals surface area contributed by atoms with Gasteiger partial charge in [-0.2, -0.15) is 0 Å². The first-order chi connectivity index (χ1) is 8.66. The maximum atomic E-state index is 12.1. The van der Waals surface area contributed by atoms with Gasteiger partial charge >= 0.3 is 5.97 Å². The van der Waals surface area contributed by atoms with Crippen LogP contribution in [0.5, 0.6) is 0 Å². The SMILES string of the molecule is CCC1(C(=O)OCc2cccc(Cl)c2)CCCN1. The highest BCUT2D eigenvalue weighted by molar-refractivity contribution is 6.30. The van der Waals surface area contributed by atoms with Crippen LogP contribution in [0.15, 0.2) is 24.3 Å². The molecule has 0 amide bonds. The lowest BCUT2D eigenvalue weighted by molar-refractivity contribution is -0.152. The number of rotatable bonds is 4. The molecule has 3 nitrogen and oxygen atoms in total. The third-order valence-corrected chi connectivity index (χ3v) is 3.73. The average molecular weight is 268 g/mol. The molecule has 1 unspecified atom stereocenters. The smallest absolute Gasteiger partial charge is 0.326 e. The summed E-state index contributed by atoms with van der Waals surface area (Å²) < 4.78 is 5.40. The van der Waals surface area contributed by atoms with Crippen molar-refractivity contribution in [1.29, 1.82) is 0 Å². The number of esters is 1. The van der Waals surface area contributed by atoms with Crippen LogP contribution in [0.4, 0.5) is 0 Å². The molecular formula is C14H18ClNO2. The summed E-state index contributed by atoms with van der Waals surface area (Å²) in [4.78, 5) is 12.1. The molecular weight excluding hydrogens is 250 g/mol. The van der Waals surface area contributed by atoms with Crippen molar-refractivity contribution >= 4 is 17.6 Å². The van der Waals surface area contributed by atoms with Gasteiger partial charge in [-0.05, 0) is 43.5 Å². The molecule has 0 radical (unpaired) electrons.